The van der Waals surface area contributed by atoms with E-state index in [4.69, 9.17) is 4.74 Å². The van der Waals surface area contributed by atoms with Crippen molar-refractivity contribution in [3.8, 4) is 0 Å². The van der Waals surface area contributed by atoms with Crippen LogP contribution in [-0.4, -0.2) is 30.1 Å². The predicted molar refractivity (Wildman–Crippen MR) is 82.7 cm³/mol. The lowest BCUT2D eigenvalue weighted by atomic mass is 10.1. The van der Waals surface area contributed by atoms with Crippen molar-refractivity contribution in [2.45, 2.75) is 67.5 Å². The highest BCUT2D eigenvalue weighted by atomic mass is 16.6. The molecule has 0 aromatic heterocycles. The molecule has 6 heteroatoms. The summed E-state index contributed by atoms with van der Waals surface area (Å²) in [6, 6.07) is 0.145. The Labute approximate surface area is 128 Å². The van der Waals surface area contributed by atoms with E-state index in [1.54, 1.807) is 27.7 Å². The molecule has 0 rings (SSSR count). The fraction of sp³-hybridized carbons (Fsp3) is 0.800. The molecule has 0 saturated heterocycles. The van der Waals surface area contributed by atoms with Crippen molar-refractivity contribution < 1.29 is 19.1 Å². The fourth-order valence-electron chi connectivity index (χ4n) is 0.894. The lowest BCUT2D eigenvalue weighted by molar-refractivity contribution is -0.133. The lowest BCUT2D eigenvalue weighted by Crippen LogP contribution is -2.36. The van der Waals surface area contributed by atoms with Crippen LogP contribution in [0, 0.1) is 11.8 Å². The van der Waals surface area contributed by atoms with Crippen LogP contribution in [0.4, 0.5) is 4.79 Å². The molecular weight excluding hydrogens is 272 g/mol. The van der Waals surface area contributed by atoms with Gasteiger partial charge in [0.2, 0.25) is 11.8 Å². The Morgan fingerprint density at radius 1 is 0.762 bits per heavy atom. The maximum Gasteiger partial charge on any atom is 0.407 e. The Bertz CT molecular complexity index is 307. The van der Waals surface area contributed by atoms with Gasteiger partial charge in [0.1, 0.15) is 0 Å². The third kappa shape index (κ3) is 14.6. The Morgan fingerprint density at radius 3 is 1.38 bits per heavy atom. The molecule has 0 aromatic carbocycles. The van der Waals surface area contributed by atoms with E-state index in [-0.39, 0.29) is 41.9 Å². The van der Waals surface area contributed by atoms with Crippen LogP contribution in [0.5, 0.6) is 0 Å². The van der Waals surface area contributed by atoms with Crippen LogP contribution in [-0.2, 0) is 14.3 Å². The number of ether oxygens (including phenoxy) is 1. The van der Waals surface area contributed by atoms with Gasteiger partial charge in [-0.1, -0.05) is 27.7 Å². The second-order valence-electron chi connectivity index (χ2n) is 5.92. The number of hydrogen-bond acceptors (Lipinski definition) is 4. The summed E-state index contributed by atoms with van der Waals surface area (Å²) in [5.41, 5.74) is 0. The molecule has 0 atom stereocenters. The van der Waals surface area contributed by atoms with Gasteiger partial charge in [0, 0.05) is 17.9 Å². The van der Waals surface area contributed by atoms with E-state index in [1.807, 2.05) is 27.7 Å². The van der Waals surface area contributed by atoms with Gasteiger partial charge in [-0.2, -0.15) is 0 Å². The molecule has 21 heavy (non-hydrogen) atoms. The molecule has 0 saturated carbocycles. The van der Waals surface area contributed by atoms with Crippen molar-refractivity contribution >= 4 is 17.9 Å². The fourth-order valence-corrected chi connectivity index (χ4v) is 0.894. The minimum absolute atomic E-state index is 0.0428. The molecule has 0 heterocycles. The van der Waals surface area contributed by atoms with Gasteiger partial charge in [0.15, 0.2) is 0 Å². The maximum absolute atomic E-state index is 10.9. The number of imide groups is 1. The number of alkyl carbamates (subject to hydrolysis) is 1. The van der Waals surface area contributed by atoms with Crippen molar-refractivity contribution in [3.63, 3.8) is 0 Å². The molecule has 2 N–H and O–H groups in total. The average molecular weight is 302 g/mol. The Morgan fingerprint density at radius 2 is 1.14 bits per heavy atom. The molecule has 0 fully saturated rings. The van der Waals surface area contributed by atoms with E-state index in [0.717, 1.165) is 0 Å². The SMILES string of the molecule is CC(C)C(=O)NC(=O)C(C)C.CC(C)NC(=O)OC(C)C. The molecule has 6 nitrogen and oxygen atoms in total. The largest absolute Gasteiger partial charge is 0.447 e. The van der Waals surface area contributed by atoms with Crippen LogP contribution in [0.3, 0.4) is 0 Å². The van der Waals surface area contributed by atoms with Gasteiger partial charge in [0.25, 0.3) is 0 Å². The van der Waals surface area contributed by atoms with Gasteiger partial charge in [-0.15, -0.1) is 0 Å². The van der Waals surface area contributed by atoms with Crippen molar-refractivity contribution in [1.82, 2.24) is 10.6 Å². The van der Waals surface area contributed by atoms with Crippen LogP contribution >= 0.6 is 0 Å². The quantitative estimate of drug-likeness (QED) is 0.835. The summed E-state index contributed by atoms with van der Waals surface area (Å²) in [5, 5.41) is 4.91. The number of carbonyl (C=O) groups is 3. The molecule has 3 amide bonds. The highest BCUT2D eigenvalue weighted by molar-refractivity contribution is 5.96. The zero-order valence-corrected chi connectivity index (χ0v) is 14.4. The van der Waals surface area contributed by atoms with Crippen molar-refractivity contribution in [2.75, 3.05) is 0 Å². The zero-order valence-electron chi connectivity index (χ0n) is 14.4. The summed E-state index contributed by atoms with van der Waals surface area (Å²) in [6.45, 7) is 14.4. The topological polar surface area (TPSA) is 84.5 Å². The van der Waals surface area contributed by atoms with E-state index in [9.17, 15) is 14.4 Å². The van der Waals surface area contributed by atoms with Gasteiger partial charge in [0.05, 0.1) is 6.10 Å². The van der Waals surface area contributed by atoms with Gasteiger partial charge in [-0.3, -0.25) is 14.9 Å². The lowest BCUT2D eigenvalue weighted by Gasteiger charge is -2.11. The Hall–Kier alpha value is -1.59. The molecule has 0 unspecified atom stereocenters. The molecule has 0 aromatic rings. The van der Waals surface area contributed by atoms with Crippen molar-refractivity contribution in [1.29, 1.82) is 0 Å². The van der Waals surface area contributed by atoms with E-state index in [2.05, 4.69) is 10.6 Å². The summed E-state index contributed by atoms with van der Waals surface area (Å²) in [4.78, 5) is 32.6. The van der Waals surface area contributed by atoms with E-state index < -0.39 is 0 Å². The monoisotopic (exact) mass is 302 g/mol. The van der Waals surface area contributed by atoms with Gasteiger partial charge in [-0.25, -0.2) is 4.79 Å². The third-order valence-electron chi connectivity index (χ3n) is 2.04. The van der Waals surface area contributed by atoms with Crippen LogP contribution in [0.15, 0.2) is 0 Å². The maximum atomic E-state index is 10.9. The molecule has 0 aliphatic carbocycles. The molecule has 0 radical (unpaired) electrons. The van der Waals surface area contributed by atoms with Crippen LogP contribution in [0.2, 0.25) is 0 Å². The first kappa shape index (κ1) is 21.7. The summed E-state index contributed by atoms with van der Waals surface area (Å²) >= 11 is 0. The number of carbonyl (C=O) groups excluding carboxylic acids is 3. The molecule has 0 aliphatic heterocycles. The third-order valence-corrected chi connectivity index (χ3v) is 2.04. The number of amides is 3. The zero-order chi connectivity index (χ0) is 17.2. The summed E-state index contributed by atoms with van der Waals surface area (Å²) in [6.07, 6.45) is -0.385. The Kier molecular flexibility index (Phi) is 11.5. The molecule has 0 bridgehead atoms. The molecule has 124 valence electrons. The highest BCUT2D eigenvalue weighted by Gasteiger charge is 2.13. The number of rotatable bonds is 4. The number of nitrogens with one attached hydrogen (secondary N) is 2. The summed E-state index contributed by atoms with van der Waals surface area (Å²) < 4.78 is 4.81. The van der Waals surface area contributed by atoms with E-state index in [0.29, 0.717) is 0 Å². The second-order valence-corrected chi connectivity index (χ2v) is 5.92. The van der Waals surface area contributed by atoms with Crippen LogP contribution in [0.1, 0.15) is 55.4 Å². The molecule has 0 aliphatic rings. The van der Waals surface area contributed by atoms with Gasteiger partial charge < -0.3 is 10.1 Å². The minimum Gasteiger partial charge on any atom is -0.447 e. The van der Waals surface area contributed by atoms with Crippen LogP contribution < -0.4 is 10.6 Å². The normalized spacial score (nSPS) is 10.3. The molecule has 0 spiro atoms. The standard InChI is InChI=1S/C8H15NO2.C7H15NO2/c1-5(2)7(10)9-8(11)6(3)4;1-5(2)8-7(9)10-6(3)4/h5-6H,1-4H3,(H,9,10,11);5-6H,1-4H3,(H,8,9). The predicted octanol–water partition coefficient (Wildman–Crippen LogP) is 2.47. The average Bonchev–Trinajstić information content (AvgIpc) is 2.26. The van der Waals surface area contributed by atoms with Crippen molar-refractivity contribution in [2.24, 2.45) is 11.8 Å². The van der Waals surface area contributed by atoms with Gasteiger partial charge >= 0.3 is 6.09 Å². The molecular formula is C15H30N2O4. The summed E-state index contributed by atoms with van der Waals surface area (Å²) in [5.74, 6) is -0.664. The first-order chi connectivity index (χ1) is 9.47. The van der Waals surface area contributed by atoms with Gasteiger partial charge in [-0.05, 0) is 27.7 Å². The minimum atomic E-state index is -0.343. The first-order valence-corrected chi connectivity index (χ1v) is 7.29. The smallest absolute Gasteiger partial charge is 0.407 e. The first-order valence-electron chi connectivity index (χ1n) is 7.29. The van der Waals surface area contributed by atoms with E-state index >= 15 is 0 Å². The Balaban J connectivity index is 0. The van der Waals surface area contributed by atoms with Crippen LogP contribution in [0.25, 0.3) is 0 Å². The highest BCUT2D eigenvalue weighted by Crippen LogP contribution is 1.94. The van der Waals surface area contributed by atoms with Crippen molar-refractivity contribution in [3.05, 3.63) is 0 Å². The summed E-state index contributed by atoms with van der Waals surface area (Å²) in [7, 11) is 0. The van der Waals surface area contributed by atoms with E-state index in [1.165, 1.54) is 0 Å². The number of hydrogen-bond donors (Lipinski definition) is 2. The second kappa shape index (κ2) is 11.1.